The van der Waals surface area contributed by atoms with Gasteiger partial charge >= 0.3 is 6.11 Å². The summed E-state index contributed by atoms with van der Waals surface area (Å²) < 4.78 is 38.2. The molecule has 0 aliphatic carbocycles. The Balaban J connectivity index is 1.56. The highest BCUT2D eigenvalue weighted by molar-refractivity contribution is 5.64. The summed E-state index contributed by atoms with van der Waals surface area (Å²) in [7, 11) is 0. The van der Waals surface area contributed by atoms with Crippen molar-refractivity contribution in [1.82, 2.24) is 0 Å². The van der Waals surface area contributed by atoms with E-state index in [1.54, 1.807) is 36.4 Å². The molecule has 0 atom stereocenters. The first kappa shape index (κ1) is 21.6. The Morgan fingerprint density at radius 2 is 1.33 bits per heavy atom. The van der Waals surface area contributed by atoms with E-state index in [0.29, 0.717) is 5.75 Å². The number of aryl methyl sites for hydroxylation is 2. The summed E-state index contributed by atoms with van der Waals surface area (Å²) >= 11 is 0. The minimum atomic E-state index is -3.42. The van der Waals surface area contributed by atoms with Gasteiger partial charge in [-0.15, -0.1) is 6.58 Å². The summed E-state index contributed by atoms with van der Waals surface area (Å²) in [6, 6.07) is 22.0. The molecule has 4 heteroatoms. The van der Waals surface area contributed by atoms with Gasteiger partial charge in [-0.2, -0.15) is 8.78 Å². The Labute approximate surface area is 176 Å². The van der Waals surface area contributed by atoms with Gasteiger partial charge in [0, 0.05) is 0 Å². The molecule has 3 rings (SSSR count). The quantitative estimate of drug-likeness (QED) is 0.334. The van der Waals surface area contributed by atoms with Crippen LogP contribution in [0.15, 0.2) is 85.5 Å². The van der Waals surface area contributed by atoms with E-state index in [9.17, 15) is 8.78 Å². The Hall–Kier alpha value is -3.14. The van der Waals surface area contributed by atoms with Gasteiger partial charge in [-0.1, -0.05) is 61.5 Å². The van der Waals surface area contributed by atoms with Crippen molar-refractivity contribution in [2.45, 2.75) is 32.3 Å². The number of benzene rings is 3. The molecule has 0 bridgehead atoms. The molecule has 0 heterocycles. The third-order valence-electron chi connectivity index (χ3n) is 4.78. The zero-order valence-corrected chi connectivity index (χ0v) is 17.1. The fourth-order valence-electron chi connectivity index (χ4n) is 3.04. The molecule has 3 aromatic carbocycles. The number of hydrogen-bond acceptors (Lipinski definition) is 2. The van der Waals surface area contributed by atoms with Crippen LogP contribution in [-0.4, -0.2) is 12.7 Å². The van der Waals surface area contributed by atoms with E-state index in [2.05, 4.69) is 30.8 Å². The number of halogens is 2. The van der Waals surface area contributed by atoms with Crippen LogP contribution in [0.4, 0.5) is 8.78 Å². The van der Waals surface area contributed by atoms with Gasteiger partial charge in [-0.25, -0.2) is 0 Å². The van der Waals surface area contributed by atoms with Crippen molar-refractivity contribution in [2.75, 3.05) is 6.61 Å². The van der Waals surface area contributed by atoms with E-state index < -0.39 is 12.7 Å². The van der Waals surface area contributed by atoms with Crippen LogP contribution < -0.4 is 9.47 Å². The van der Waals surface area contributed by atoms with Crippen LogP contribution in [0.5, 0.6) is 11.5 Å². The maximum atomic E-state index is 14.1. The van der Waals surface area contributed by atoms with Crippen molar-refractivity contribution in [2.24, 2.45) is 0 Å². The smallest absolute Gasteiger partial charge is 0.432 e. The third kappa shape index (κ3) is 6.18. The molecular weight excluding hydrogens is 382 g/mol. The molecule has 0 unspecified atom stereocenters. The fourth-order valence-corrected chi connectivity index (χ4v) is 3.04. The first-order valence-electron chi connectivity index (χ1n) is 10.1. The number of hydrogen-bond donors (Lipinski definition) is 0. The Kier molecular flexibility index (Phi) is 7.23. The second kappa shape index (κ2) is 10.1. The van der Waals surface area contributed by atoms with E-state index >= 15 is 0 Å². The first-order valence-corrected chi connectivity index (χ1v) is 10.1. The van der Waals surface area contributed by atoms with Gasteiger partial charge in [0.2, 0.25) is 0 Å². The third-order valence-corrected chi connectivity index (χ3v) is 4.78. The predicted molar refractivity (Wildman–Crippen MR) is 117 cm³/mol. The molecule has 0 aliphatic rings. The zero-order valence-electron chi connectivity index (χ0n) is 17.1. The number of rotatable bonds is 10. The number of allylic oxidation sites excluding steroid dienone is 1. The molecule has 156 valence electrons. The number of ether oxygens (including phenoxy) is 2. The highest BCUT2D eigenvalue weighted by Gasteiger charge is 2.33. The van der Waals surface area contributed by atoms with E-state index in [4.69, 9.17) is 9.47 Å². The average Bonchev–Trinajstić information content (AvgIpc) is 2.77. The van der Waals surface area contributed by atoms with E-state index in [1.165, 1.54) is 5.56 Å². The van der Waals surface area contributed by atoms with Crippen LogP contribution in [0.2, 0.25) is 0 Å². The van der Waals surface area contributed by atoms with Gasteiger partial charge in [0.1, 0.15) is 11.5 Å². The SMILES string of the molecule is C=CCCc1ccc(-c2ccc(OCC(F)(F)Oc3ccc(CC)cc3)cc2)cc1. The monoisotopic (exact) mass is 408 g/mol. The van der Waals surface area contributed by atoms with Crippen LogP contribution in [0.25, 0.3) is 11.1 Å². The van der Waals surface area contributed by atoms with Gasteiger partial charge in [-0.3, -0.25) is 0 Å². The van der Waals surface area contributed by atoms with Gasteiger partial charge in [0.25, 0.3) is 0 Å². The normalized spacial score (nSPS) is 11.2. The molecule has 0 N–H and O–H groups in total. The molecule has 0 fully saturated rings. The Morgan fingerprint density at radius 3 is 1.90 bits per heavy atom. The molecule has 0 radical (unpaired) electrons. The van der Waals surface area contributed by atoms with Crippen molar-refractivity contribution >= 4 is 0 Å². The van der Waals surface area contributed by atoms with Gasteiger partial charge in [0.05, 0.1) is 0 Å². The molecular formula is C26H26F2O2. The summed E-state index contributed by atoms with van der Waals surface area (Å²) in [4.78, 5) is 0. The largest absolute Gasteiger partial charge is 0.483 e. The van der Waals surface area contributed by atoms with Crippen molar-refractivity contribution in [1.29, 1.82) is 0 Å². The standard InChI is InChI=1S/C26H26F2O2/c1-3-5-6-21-7-11-22(12-8-21)23-13-17-24(18-14-23)29-19-26(27,28)30-25-15-9-20(4-2)10-16-25/h3,7-18H,1,4-6,19H2,2H3. The van der Waals surface area contributed by atoms with Crippen molar-refractivity contribution in [3.05, 3.63) is 96.6 Å². The topological polar surface area (TPSA) is 18.5 Å². The highest BCUT2D eigenvalue weighted by Crippen LogP contribution is 2.26. The maximum Gasteiger partial charge on any atom is 0.432 e. The molecule has 0 amide bonds. The minimum absolute atomic E-state index is 0.118. The van der Waals surface area contributed by atoms with Gasteiger partial charge in [0.15, 0.2) is 6.61 Å². The lowest BCUT2D eigenvalue weighted by atomic mass is 10.0. The second-order valence-corrected chi connectivity index (χ2v) is 7.07. The van der Waals surface area contributed by atoms with Crippen molar-refractivity contribution in [3.63, 3.8) is 0 Å². The lowest BCUT2D eigenvalue weighted by Gasteiger charge is -2.18. The van der Waals surface area contributed by atoms with Crippen molar-refractivity contribution in [3.8, 4) is 22.6 Å². The fraction of sp³-hybridized carbons (Fsp3) is 0.231. The first-order chi connectivity index (χ1) is 14.5. The second-order valence-electron chi connectivity index (χ2n) is 7.07. The highest BCUT2D eigenvalue weighted by atomic mass is 19.3. The maximum absolute atomic E-state index is 14.1. The van der Waals surface area contributed by atoms with Crippen LogP contribution in [-0.2, 0) is 12.8 Å². The molecule has 30 heavy (non-hydrogen) atoms. The lowest BCUT2D eigenvalue weighted by molar-refractivity contribution is -0.195. The van der Waals surface area contributed by atoms with Crippen LogP contribution in [0, 0.1) is 0 Å². The molecule has 3 aromatic rings. The predicted octanol–water partition coefficient (Wildman–Crippen LogP) is 7.09. The average molecular weight is 408 g/mol. The van der Waals surface area contributed by atoms with Crippen LogP contribution >= 0.6 is 0 Å². The van der Waals surface area contributed by atoms with E-state index in [0.717, 1.165) is 36.0 Å². The van der Waals surface area contributed by atoms with Crippen LogP contribution in [0.3, 0.4) is 0 Å². The molecule has 0 aliphatic heterocycles. The number of alkyl halides is 2. The lowest BCUT2D eigenvalue weighted by Crippen LogP contribution is -2.32. The van der Waals surface area contributed by atoms with Gasteiger partial charge in [-0.05, 0) is 65.8 Å². The summed E-state index contributed by atoms with van der Waals surface area (Å²) in [5.41, 5.74) is 4.38. The zero-order chi connectivity index (χ0) is 21.4. The molecule has 0 spiro atoms. The summed E-state index contributed by atoms with van der Waals surface area (Å²) in [5, 5.41) is 0. The van der Waals surface area contributed by atoms with Crippen molar-refractivity contribution < 1.29 is 18.3 Å². The molecule has 0 saturated heterocycles. The molecule has 0 saturated carbocycles. The summed E-state index contributed by atoms with van der Waals surface area (Å²) in [5.74, 6) is 0.485. The Morgan fingerprint density at radius 1 is 0.800 bits per heavy atom. The summed E-state index contributed by atoms with van der Waals surface area (Å²) in [6.45, 7) is 4.88. The Bertz CT molecular complexity index is 930. The van der Waals surface area contributed by atoms with E-state index in [1.807, 2.05) is 25.1 Å². The minimum Gasteiger partial charge on any atom is -0.483 e. The van der Waals surface area contributed by atoms with E-state index in [-0.39, 0.29) is 5.75 Å². The van der Waals surface area contributed by atoms with Gasteiger partial charge < -0.3 is 9.47 Å². The molecule has 2 nitrogen and oxygen atoms in total. The van der Waals surface area contributed by atoms with Crippen LogP contribution in [0.1, 0.15) is 24.5 Å². The summed E-state index contributed by atoms with van der Waals surface area (Å²) in [6.07, 6.45) is 1.24. The molecule has 0 aromatic heterocycles.